The van der Waals surface area contributed by atoms with Gasteiger partial charge in [-0.1, -0.05) is 48.5 Å². The predicted molar refractivity (Wildman–Crippen MR) is 129 cm³/mol. The number of aliphatic hydroxyl groups is 1. The second-order valence-electron chi connectivity index (χ2n) is 8.36. The summed E-state index contributed by atoms with van der Waals surface area (Å²) in [7, 11) is 1.57. The largest absolute Gasteiger partial charge is 0.503 e. The van der Waals surface area contributed by atoms with E-state index in [-0.39, 0.29) is 5.57 Å². The lowest BCUT2D eigenvalue weighted by Crippen LogP contribution is -2.39. The van der Waals surface area contributed by atoms with Gasteiger partial charge in [-0.25, -0.2) is 0 Å². The number of aliphatic hydroxyl groups excluding tert-OH is 1. The molecule has 0 aliphatic carbocycles. The normalized spacial score (nSPS) is 19.3. The number of ether oxygens (including phenoxy) is 2. The molecule has 2 heterocycles. The van der Waals surface area contributed by atoms with Gasteiger partial charge in [-0.05, 0) is 35.8 Å². The van der Waals surface area contributed by atoms with E-state index in [1.807, 2.05) is 48.5 Å². The highest BCUT2D eigenvalue weighted by atomic mass is 16.5. The van der Waals surface area contributed by atoms with Crippen molar-refractivity contribution in [3.8, 4) is 5.75 Å². The highest BCUT2D eigenvalue weighted by molar-refractivity contribution is 6.14. The Balaban J connectivity index is 1.59. The average Bonchev–Trinajstić information content (AvgIpc) is 3.14. The summed E-state index contributed by atoms with van der Waals surface area (Å²) in [6, 6.07) is 16.0. The van der Waals surface area contributed by atoms with Gasteiger partial charge in [0.1, 0.15) is 5.75 Å². The van der Waals surface area contributed by atoms with Gasteiger partial charge in [-0.3, -0.25) is 14.5 Å². The molecule has 1 amide bonds. The van der Waals surface area contributed by atoms with Gasteiger partial charge in [-0.15, -0.1) is 0 Å². The zero-order valence-electron chi connectivity index (χ0n) is 19.4. The summed E-state index contributed by atoms with van der Waals surface area (Å²) < 4.78 is 10.8. The van der Waals surface area contributed by atoms with E-state index in [0.29, 0.717) is 25.5 Å². The molecule has 34 heavy (non-hydrogen) atoms. The first kappa shape index (κ1) is 23.7. The van der Waals surface area contributed by atoms with Gasteiger partial charge in [0.05, 0.1) is 31.9 Å². The van der Waals surface area contributed by atoms with Crippen molar-refractivity contribution in [2.24, 2.45) is 0 Å². The van der Waals surface area contributed by atoms with Gasteiger partial charge < -0.3 is 19.5 Å². The van der Waals surface area contributed by atoms with Crippen LogP contribution in [0.1, 0.15) is 23.6 Å². The first-order chi connectivity index (χ1) is 16.6. The summed E-state index contributed by atoms with van der Waals surface area (Å²) in [5.41, 5.74) is 1.68. The summed E-state index contributed by atoms with van der Waals surface area (Å²) in [5, 5.41) is 10.8. The summed E-state index contributed by atoms with van der Waals surface area (Å²) in [6.45, 7) is 4.39. The van der Waals surface area contributed by atoms with Crippen LogP contribution in [0.3, 0.4) is 0 Å². The Morgan fingerprint density at radius 2 is 1.88 bits per heavy atom. The summed E-state index contributed by atoms with van der Waals surface area (Å²) in [6.07, 6.45) is 3.83. The molecule has 4 rings (SSSR count). The number of rotatable bonds is 9. The van der Waals surface area contributed by atoms with Gasteiger partial charge in [0, 0.05) is 26.2 Å². The molecule has 0 radical (unpaired) electrons. The van der Waals surface area contributed by atoms with Crippen LogP contribution in [0.4, 0.5) is 0 Å². The molecule has 1 N–H and O–H groups in total. The van der Waals surface area contributed by atoms with E-state index in [1.54, 1.807) is 24.2 Å². The minimum Gasteiger partial charge on any atom is -0.503 e. The van der Waals surface area contributed by atoms with E-state index in [0.717, 1.165) is 37.2 Å². The summed E-state index contributed by atoms with van der Waals surface area (Å²) in [5.74, 6) is -0.775. The molecule has 2 aromatic rings. The monoisotopic (exact) mass is 462 g/mol. The van der Waals surface area contributed by atoms with Crippen molar-refractivity contribution < 1.29 is 24.2 Å². The maximum Gasteiger partial charge on any atom is 0.290 e. The van der Waals surface area contributed by atoms with Crippen molar-refractivity contribution >= 4 is 17.8 Å². The molecule has 178 valence electrons. The third kappa shape index (κ3) is 5.38. The number of allylic oxidation sites excluding steroid dienone is 1. The molecule has 0 spiro atoms. The molecule has 0 aromatic heterocycles. The molecule has 1 fully saturated rings. The van der Waals surface area contributed by atoms with Crippen LogP contribution in [-0.4, -0.2) is 73.1 Å². The second kappa shape index (κ2) is 11.1. The average molecular weight is 463 g/mol. The first-order valence-corrected chi connectivity index (χ1v) is 11.5. The van der Waals surface area contributed by atoms with Crippen molar-refractivity contribution in [2.45, 2.75) is 12.5 Å². The van der Waals surface area contributed by atoms with Crippen molar-refractivity contribution in [1.29, 1.82) is 0 Å². The smallest absolute Gasteiger partial charge is 0.290 e. The Morgan fingerprint density at radius 3 is 2.62 bits per heavy atom. The standard InChI is InChI=1S/C27H30N2O5/c1-33-22-10-5-9-21(19-22)25-24(23(30)12-11-20-7-3-2-4-8-20)26(31)27(32)29(25)14-6-13-28-15-17-34-18-16-28/h2-5,7-12,19,25,31H,6,13-18H2,1H3. The van der Waals surface area contributed by atoms with E-state index in [1.165, 1.54) is 6.08 Å². The zero-order valence-corrected chi connectivity index (χ0v) is 19.4. The molecular formula is C27H30N2O5. The lowest BCUT2D eigenvalue weighted by atomic mass is 9.95. The summed E-state index contributed by atoms with van der Waals surface area (Å²) in [4.78, 5) is 30.2. The minimum absolute atomic E-state index is 0.0943. The van der Waals surface area contributed by atoms with Crippen molar-refractivity contribution in [2.75, 3.05) is 46.5 Å². The molecule has 0 bridgehead atoms. The molecule has 7 heteroatoms. The Bertz CT molecular complexity index is 1070. The van der Waals surface area contributed by atoms with E-state index in [9.17, 15) is 14.7 Å². The third-order valence-corrected chi connectivity index (χ3v) is 6.18. The number of carbonyl (C=O) groups excluding carboxylic acids is 2. The highest BCUT2D eigenvalue weighted by Gasteiger charge is 2.42. The van der Waals surface area contributed by atoms with E-state index in [4.69, 9.17) is 9.47 Å². The number of carbonyl (C=O) groups is 2. The molecular weight excluding hydrogens is 432 g/mol. The third-order valence-electron chi connectivity index (χ3n) is 6.18. The van der Waals surface area contributed by atoms with Crippen molar-refractivity contribution in [3.05, 3.63) is 83.1 Å². The molecule has 0 saturated carbocycles. The molecule has 1 saturated heterocycles. The fourth-order valence-corrected chi connectivity index (χ4v) is 4.41. The molecule has 2 aliphatic heterocycles. The predicted octanol–water partition coefficient (Wildman–Crippen LogP) is 3.40. The molecule has 2 aliphatic rings. The quantitative estimate of drug-likeness (QED) is 0.576. The van der Waals surface area contributed by atoms with Gasteiger partial charge in [0.2, 0.25) is 0 Å². The SMILES string of the molecule is COc1cccc(C2C(C(=O)C=Cc3ccccc3)=C(O)C(=O)N2CCCN2CCOCC2)c1. The molecule has 1 unspecified atom stereocenters. The molecule has 2 aromatic carbocycles. The van der Waals surface area contributed by atoms with Gasteiger partial charge in [0.15, 0.2) is 11.5 Å². The van der Waals surface area contributed by atoms with Crippen LogP contribution in [-0.2, 0) is 14.3 Å². The Kier molecular flexibility index (Phi) is 7.77. The van der Waals surface area contributed by atoms with Crippen LogP contribution < -0.4 is 4.74 Å². The van der Waals surface area contributed by atoms with Gasteiger partial charge >= 0.3 is 0 Å². The Labute approximate surface area is 199 Å². The number of hydrogen-bond donors (Lipinski definition) is 1. The fraction of sp³-hybridized carbons (Fsp3) is 0.333. The number of morpholine rings is 1. The number of nitrogens with zero attached hydrogens (tertiary/aromatic N) is 2. The number of hydrogen-bond acceptors (Lipinski definition) is 6. The lowest BCUT2D eigenvalue weighted by molar-refractivity contribution is -0.129. The van der Waals surface area contributed by atoms with Crippen LogP contribution in [0.25, 0.3) is 6.08 Å². The van der Waals surface area contributed by atoms with Crippen LogP contribution in [0, 0.1) is 0 Å². The fourth-order valence-electron chi connectivity index (χ4n) is 4.41. The highest BCUT2D eigenvalue weighted by Crippen LogP contribution is 2.39. The Morgan fingerprint density at radius 1 is 1.12 bits per heavy atom. The maximum absolute atomic E-state index is 13.2. The van der Waals surface area contributed by atoms with Crippen molar-refractivity contribution in [1.82, 2.24) is 9.80 Å². The number of benzene rings is 2. The number of ketones is 1. The maximum atomic E-state index is 13.2. The van der Waals surface area contributed by atoms with Gasteiger partial charge in [-0.2, -0.15) is 0 Å². The second-order valence-corrected chi connectivity index (χ2v) is 8.36. The van der Waals surface area contributed by atoms with E-state index < -0.39 is 23.5 Å². The zero-order chi connectivity index (χ0) is 23.9. The van der Waals surface area contributed by atoms with Crippen LogP contribution in [0.2, 0.25) is 0 Å². The van der Waals surface area contributed by atoms with Crippen LogP contribution in [0.15, 0.2) is 72.0 Å². The van der Waals surface area contributed by atoms with Crippen LogP contribution in [0.5, 0.6) is 5.75 Å². The molecule has 1 atom stereocenters. The van der Waals surface area contributed by atoms with Crippen LogP contribution >= 0.6 is 0 Å². The minimum atomic E-state index is -0.680. The summed E-state index contributed by atoms with van der Waals surface area (Å²) >= 11 is 0. The topological polar surface area (TPSA) is 79.3 Å². The lowest BCUT2D eigenvalue weighted by Gasteiger charge is -2.30. The van der Waals surface area contributed by atoms with E-state index >= 15 is 0 Å². The van der Waals surface area contributed by atoms with E-state index in [2.05, 4.69) is 4.90 Å². The number of amides is 1. The molecule has 7 nitrogen and oxygen atoms in total. The Hall–Kier alpha value is -3.42. The van der Waals surface area contributed by atoms with Gasteiger partial charge in [0.25, 0.3) is 5.91 Å². The van der Waals surface area contributed by atoms with Crippen molar-refractivity contribution in [3.63, 3.8) is 0 Å². The first-order valence-electron chi connectivity index (χ1n) is 11.5. The number of methoxy groups -OCH3 is 1.